The number of hydrogen-bond acceptors (Lipinski definition) is 3. The smallest absolute Gasteiger partial charge is 0.473 e. The number of amides is 1. The van der Waals surface area contributed by atoms with Gasteiger partial charge >= 0.3 is 12.1 Å². The van der Waals surface area contributed by atoms with Gasteiger partial charge in [-0.15, -0.1) is 0 Å². The zero-order valence-electron chi connectivity index (χ0n) is 11.9. The van der Waals surface area contributed by atoms with Crippen LogP contribution in [0.15, 0.2) is 59.7 Å². The molecule has 2 aromatic rings. The normalized spacial score (nSPS) is 11.4. The molecule has 0 radical (unpaired) electrons. The minimum absolute atomic E-state index is 0.413. The van der Waals surface area contributed by atoms with Crippen molar-refractivity contribution in [3.63, 3.8) is 0 Å². The quantitative estimate of drug-likeness (QED) is 0.678. The monoisotopic (exact) mass is 322 g/mol. The van der Waals surface area contributed by atoms with Crippen LogP contribution in [0, 0.1) is 0 Å². The van der Waals surface area contributed by atoms with E-state index in [-0.39, 0.29) is 0 Å². The largest absolute Gasteiger partial charge is 0.489 e. The maximum absolute atomic E-state index is 12.0. The van der Waals surface area contributed by atoms with Crippen molar-refractivity contribution in [2.75, 3.05) is 0 Å². The molecule has 2 rings (SSSR count). The van der Waals surface area contributed by atoms with Gasteiger partial charge in [0.05, 0.1) is 6.21 Å². The lowest BCUT2D eigenvalue weighted by Crippen LogP contribution is -2.33. The van der Waals surface area contributed by atoms with Gasteiger partial charge in [0.15, 0.2) is 0 Å². The van der Waals surface area contributed by atoms with E-state index in [0.29, 0.717) is 17.9 Å². The number of ether oxygens (including phenoxy) is 1. The summed E-state index contributed by atoms with van der Waals surface area (Å²) >= 11 is 0. The van der Waals surface area contributed by atoms with Gasteiger partial charge in [-0.25, -0.2) is 5.43 Å². The van der Waals surface area contributed by atoms with Crippen LogP contribution in [0.4, 0.5) is 13.2 Å². The van der Waals surface area contributed by atoms with Gasteiger partial charge in [0.2, 0.25) is 0 Å². The molecule has 120 valence electrons. The van der Waals surface area contributed by atoms with Crippen molar-refractivity contribution in [2.24, 2.45) is 5.10 Å². The molecule has 0 bridgehead atoms. The van der Waals surface area contributed by atoms with E-state index in [1.54, 1.807) is 24.3 Å². The minimum Gasteiger partial charge on any atom is -0.489 e. The van der Waals surface area contributed by atoms with Crippen molar-refractivity contribution in [3.8, 4) is 5.75 Å². The highest BCUT2D eigenvalue weighted by atomic mass is 19.4. The van der Waals surface area contributed by atoms with E-state index >= 15 is 0 Å². The lowest BCUT2D eigenvalue weighted by Gasteiger charge is -2.06. The molecular formula is C16H13F3N2O2. The molecule has 0 fully saturated rings. The molecule has 7 heteroatoms. The summed E-state index contributed by atoms with van der Waals surface area (Å²) in [4.78, 5) is 10.6. The van der Waals surface area contributed by atoms with E-state index in [9.17, 15) is 18.0 Å². The number of nitrogens with zero attached hydrogens (tertiary/aromatic N) is 1. The van der Waals surface area contributed by atoms with Crippen molar-refractivity contribution in [3.05, 3.63) is 65.7 Å². The van der Waals surface area contributed by atoms with Gasteiger partial charge in [-0.05, 0) is 35.4 Å². The predicted molar refractivity (Wildman–Crippen MR) is 79.0 cm³/mol. The molecule has 0 aliphatic carbocycles. The van der Waals surface area contributed by atoms with Crippen molar-refractivity contribution in [1.29, 1.82) is 0 Å². The van der Waals surface area contributed by atoms with E-state index in [1.165, 1.54) is 5.43 Å². The standard InChI is InChI=1S/C16H13F3N2O2/c17-16(18,19)15(22)21-20-10-12-6-8-14(9-7-12)23-11-13-4-2-1-3-5-13/h1-10H,11H2,(H,21,22)/b20-10+. The molecule has 0 aromatic heterocycles. The number of alkyl halides is 3. The fourth-order valence-electron chi connectivity index (χ4n) is 1.62. The zero-order chi connectivity index (χ0) is 16.7. The van der Waals surface area contributed by atoms with Crippen molar-refractivity contribution >= 4 is 12.1 Å². The Kier molecular flexibility index (Phi) is 5.35. The Morgan fingerprint density at radius 3 is 2.35 bits per heavy atom. The number of hydrazone groups is 1. The highest BCUT2D eigenvalue weighted by Crippen LogP contribution is 2.15. The van der Waals surface area contributed by atoms with Gasteiger partial charge in [-0.3, -0.25) is 4.79 Å². The van der Waals surface area contributed by atoms with Crippen molar-refractivity contribution in [2.45, 2.75) is 12.8 Å². The molecule has 0 unspecified atom stereocenters. The number of carbonyl (C=O) groups excluding carboxylic acids is 1. The van der Waals surface area contributed by atoms with Crippen LogP contribution in [0.25, 0.3) is 0 Å². The predicted octanol–water partition coefficient (Wildman–Crippen LogP) is 3.28. The minimum atomic E-state index is -4.95. The highest BCUT2D eigenvalue weighted by Gasteiger charge is 2.38. The SMILES string of the molecule is O=C(N/N=C/c1ccc(OCc2ccccc2)cc1)C(F)(F)F. The average molecular weight is 322 g/mol. The molecule has 0 heterocycles. The van der Waals surface area contributed by atoms with Crippen LogP contribution < -0.4 is 10.2 Å². The highest BCUT2D eigenvalue weighted by molar-refractivity contribution is 5.84. The second kappa shape index (κ2) is 7.44. The molecule has 4 nitrogen and oxygen atoms in total. The molecule has 0 saturated heterocycles. The summed E-state index contributed by atoms with van der Waals surface area (Å²) < 4.78 is 41.4. The first-order chi connectivity index (χ1) is 10.9. The van der Waals surface area contributed by atoms with Crippen LogP contribution in [0.5, 0.6) is 5.75 Å². The fraction of sp³-hybridized carbons (Fsp3) is 0.125. The average Bonchev–Trinajstić information content (AvgIpc) is 2.54. The Balaban J connectivity index is 1.86. The topological polar surface area (TPSA) is 50.7 Å². The summed E-state index contributed by atoms with van der Waals surface area (Å²) in [6, 6.07) is 16.2. The third kappa shape index (κ3) is 5.46. The van der Waals surface area contributed by atoms with Crippen molar-refractivity contribution in [1.82, 2.24) is 5.43 Å². The molecule has 0 aliphatic heterocycles. The van der Waals surface area contributed by atoms with Crippen LogP contribution in [0.1, 0.15) is 11.1 Å². The summed E-state index contributed by atoms with van der Waals surface area (Å²) in [6.45, 7) is 0.413. The number of nitrogens with one attached hydrogen (secondary N) is 1. The molecule has 1 N–H and O–H groups in total. The third-order valence-electron chi connectivity index (χ3n) is 2.77. The first-order valence-corrected chi connectivity index (χ1v) is 6.62. The summed E-state index contributed by atoms with van der Waals surface area (Å²) in [5.74, 6) is -1.50. The number of benzene rings is 2. The molecule has 0 aliphatic rings. The molecule has 0 atom stereocenters. The molecule has 1 amide bonds. The Hall–Kier alpha value is -2.83. The summed E-state index contributed by atoms with van der Waals surface area (Å²) in [7, 11) is 0. The number of hydrogen-bond donors (Lipinski definition) is 1. The Labute approximate surface area is 130 Å². The van der Waals surface area contributed by atoms with Gasteiger partial charge in [-0.2, -0.15) is 18.3 Å². The molecular weight excluding hydrogens is 309 g/mol. The maximum Gasteiger partial charge on any atom is 0.473 e. The Bertz CT molecular complexity index is 668. The third-order valence-corrected chi connectivity index (χ3v) is 2.77. The molecule has 2 aromatic carbocycles. The van der Waals surface area contributed by atoms with E-state index in [1.807, 2.05) is 30.3 Å². The van der Waals surface area contributed by atoms with Crippen LogP contribution in [-0.2, 0) is 11.4 Å². The second-order valence-corrected chi connectivity index (χ2v) is 4.54. The van der Waals surface area contributed by atoms with Crippen LogP contribution in [0.2, 0.25) is 0 Å². The Morgan fingerprint density at radius 2 is 1.74 bits per heavy atom. The molecule has 0 saturated carbocycles. The summed E-state index contributed by atoms with van der Waals surface area (Å²) in [5, 5.41) is 3.25. The van der Waals surface area contributed by atoms with Gasteiger partial charge in [0.25, 0.3) is 0 Å². The lowest BCUT2D eigenvalue weighted by atomic mass is 10.2. The number of rotatable bonds is 5. The van der Waals surface area contributed by atoms with Gasteiger partial charge in [-0.1, -0.05) is 30.3 Å². The Morgan fingerprint density at radius 1 is 1.09 bits per heavy atom. The van der Waals surface area contributed by atoms with Crippen LogP contribution >= 0.6 is 0 Å². The maximum atomic E-state index is 12.0. The number of halogens is 3. The summed E-state index contributed by atoms with van der Waals surface area (Å²) in [6.07, 6.45) is -3.84. The van der Waals surface area contributed by atoms with Gasteiger partial charge in [0.1, 0.15) is 12.4 Å². The second-order valence-electron chi connectivity index (χ2n) is 4.54. The van der Waals surface area contributed by atoms with Gasteiger partial charge < -0.3 is 4.74 Å². The van der Waals surface area contributed by atoms with Gasteiger partial charge in [0, 0.05) is 0 Å². The fourth-order valence-corrected chi connectivity index (χ4v) is 1.62. The van der Waals surface area contributed by atoms with E-state index in [0.717, 1.165) is 11.8 Å². The van der Waals surface area contributed by atoms with E-state index in [2.05, 4.69) is 5.10 Å². The van der Waals surface area contributed by atoms with Crippen LogP contribution in [-0.4, -0.2) is 18.3 Å². The number of carbonyl (C=O) groups is 1. The first kappa shape index (κ1) is 16.5. The molecule has 0 spiro atoms. The van der Waals surface area contributed by atoms with E-state index in [4.69, 9.17) is 4.74 Å². The molecule has 23 heavy (non-hydrogen) atoms. The van der Waals surface area contributed by atoms with E-state index < -0.39 is 12.1 Å². The summed E-state index contributed by atoms with van der Waals surface area (Å²) in [5.41, 5.74) is 2.96. The van der Waals surface area contributed by atoms with Crippen molar-refractivity contribution < 1.29 is 22.7 Å². The van der Waals surface area contributed by atoms with Crippen LogP contribution in [0.3, 0.4) is 0 Å². The first-order valence-electron chi connectivity index (χ1n) is 6.62. The zero-order valence-corrected chi connectivity index (χ0v) is 11.9. The lowest BCUT2D eigenvalue weighted by molar-refractivity contribution is -0.173.